The third-order valence-electron chi connectivity index (χ3n) is 5.41. The number of nitrogens with zero attached hydrogens (tertiary/aromatic N) is 4. The highest BCUT2D eigenvalue weighted by Gasteiger charge is 2.35. The van der Waals surface area contributed by atoms with Crippen LogP contribution in [0.1, 0.15) is 12.5 Å². The van der Waals surface area contributed by atoms with E-state index in [2.05, 4.69) is 4.98 Å². The first-order valence-electron chi connectivity index (χ1n) is 9.66. The van der Waals surface area contributed by atoms with Gasteiger partial charge in [-0.2, -0.15) is 4.31 Å². The Morgan fingerprint density at radius 3 is 2.80 bits per heavy atom. The van der Waals surface area contributed by atoms with E-state index in [1.54, 1.807) is 46.7 Å². The Hall–Kier alpha value is -2.69. The first kappa shape index (κ1) is 20.6. The zero-order valence-electron chi connectivity index (χ0n) is 16.9. The van der Waals surface area contributed by atoms with Gasteiger partial charge in [0.25, 0.3) is 0 Å². The predicted octanol–water partition coefficient (Wildman–Crippen LogP) is 1.49. The van der Waals surface area contributed by atoms with Crippen LogP contribution >= 0.6 is 0 Å². The van der Waals surface area contributed by atoms with Crippen molar-refractivity contribution in [2.45, 2.75) is 23.9 Å². The van der Waals surface area contributed by atoms with Gasteiger partial charge < -0.3 is 9.47 Å². The summed E-state index contributed by atoms with van der Waals surface area (Å²) in [5, 5.41) is 0. The van der Waals surface area contributed by atoms with Gasteiger partial charge in [0.1, 0.15) is 5.75 Å². The summed E-state index contributed by atoms with van der Waals surface area (Å²) < 4.78 is 41.2. The molecule has 1 fully saturated rings. The normalized spacial score (nSPS) is 17.6. The molecule has 1 atom stereocenters. The minimum absolute atomic E-state index is 0.176. The molecule has 0 N–H and O–H groups in total. The van der Waals surface area contributed by atoms with E-state index in [9.17, 15) is 13.2 Å². The van der Waals surface area contributed by atoms with Crippen LogP contribution in [0, 0.1) is 0 Å². The summed E-state index contributed by atoms with van der Waals surface area (Å²) >= 11 is 0. The first-order chi connectivity index (χ1) is 14.5. The van der Waals surface area contributed by atoms with Gasteiger partial charge in [0.05, 0.1) is 36.7 Å². The Morgan fingerprint density at radius 1 is 1.20 bits per heavy atom. The summed E-state index contributed by atoms with van der Waals surface area (Å²) in [4.78, 5) is 17.7. The van der Waals surface area contributed by atoms with Crippen molar-refractivity contribution in [3.8, 4) is 5.75 Å². The molecule has 0 aliphatic carbocycles. The van der Waals surface area contributed by atoms with Crippen molar-refractivity contribution in [3.63, 3.8) is 0 Å². The van der Waals surface area contributed by atoms with Crippen LogP contribution < -0.4 is 10.4 Å². The van der Waals surface area contributed by atoms with Crippen molar-refractivity contribution in [2.24, 2.45) is 0 Å². The van der Waals surface area contributed by atoms with E-state index in [0.29, 0.717) is 43.0 Å². The van der Waals surface area contributed by atoms with Crippen molar-refractivity contribution in [1.29, 1.82) is 0 Å². The molecule has 3 aromatic rings. The van der Waals surface area contributed by atoms with Crippen LogP contribution in [0.4, 0.5) is 0 Å². The summed E-state index contributed by atoms with van der Waals surface area (Å²) in [7, 11) is -0.614. The summed E-state index contributed by atoms with van der Waals surface area (Å²) in [6.45, 7) is 1.34. The molecule has 0 bridgehead atoms. The summed E-state index contributed by atoms with van der Waals surface area (Å²) in [5.74, 6) is 0.480. The second-order valence-corrected chi connectivity index (χ2v) is 9.07. The molecular weight excluding hydrogens is 408 g/mol. The number of methoxy groups -OCH3 is 2. The molecule has 160 valence electrons. The van der Waals surface area contributed by atoms with E-state index < -0.39 is 10.0 Å². The summed E-state index contributed by atoms with van der Waals surface area (Å²) in [6, 6.07) is 9.74. The minimum Gasteiger partial charge on any atom is -0.497 e. The zero-order chi connectivity index (χ0) is 21.3. The molecule has 1 aliphatic heterocycles. The number of benzene rings is 1. The molecule has 1 unspecified atom stereocenters. The Balaban J connectivity index is 1.67. The van der Waals surface area contributed by atoms with Crippen LogP contribution in [0.3, 0.4) is 0 Å². The molecule has 3 heterocycles. The molecule has 10 heteroatoms. The van der Waals surface area contributed by atoms with E-state index in [-0.39, 0.29) is 23.2 Å². The smallest absolute Gasteiger partial charge is 0.330 e. The van der Waals surface area contributed by atoms with Crippen LogP contribution in [0.25, 0.3) is 11.2 Å². The third-order valence-corrected chi connectivity index (χ3v) is 7.27. The molecule has 9 nitrogen and oxygen atoms in total. The molecule has 4 rings (SSSR count). The van der Waals surface area contributed by atoms with Crippen LogP contribution in [-0.2, 0) is 21.3 Å². The predicted molar refractivity (Wildman–Crippen MR) is 111 cm³/mol. The van der Waals surface area contributed by atoms with Gasteiger partial charge >= 0.3 is 5.69 Å². The van der Waals surface area contributed by atoms with Crippen LogP contribution in [-0.4, -0.2) is 60.8 Å². The lowest BCUT2D eigenvalue weighted by molar-refractivity contribution is 0.187. The van der Waals surface area contributed by atoms with Gasteiger partial charge in [-0.15, -0.1) is 0 Å². The van der Waals surface area contributed by atoms with Crippen LogP contribution in [0.15, 0.2) is 52.3 Å². The van der Waals surface area contributed by atoms with Crippen molar-refractivity contribution >= 4 is 21.2 Å². The Bertz CT molecular complexity index is 1220. The second kappa shape index (κ2) is 8.21. The van der Waals surface area contributed by atoms with Gasteiger partial charge in [-0.1, -0.05) is 6.07 Å². The number of pyridine rings is 1. The standard InChI is InChI=1S/C20H24N4O5S/c1-28-12-11-23-18-7-4-9-21-19(18)24(20(23)25)15-8-10-22(14-15)30(26,27)17-6-3-5-16(13-17)29-2/h3-7,9,13,15H,8,10-12,14H2,1-2H3. The maximum absolute atomic E-state index is 13.1. The second-order valence-electron chi connectivity index (χ2n) is 7.13. The molecule has 1 saturated heterocycles. The van der Waals surface area contributed by atoms with Gasteiger partial charge in [0.2, 0.25) is 10.0 Å². The van der Waals surface area contributed by atoms with Crippen molar-refractivity contribution in [1.82, 2.24) is 18.4 Å². The molecule has 0 amide bonds. The maximum Gasteiger partial charge on any atom is 0.330 e. The summed E-state index contributed by atoms with van der Waals surface area (Å²) in [6.07, 6.45) is 2.17. The number of hydrogen-bond donors (Lipinski definition) is 0. The number of sulfonamides is 1. The largest absolute Gasteiger partial charge is 0.497 e. The number of imidazole rings is 1. The molecular formula is C20H24N4O5S. The van der Waals surface area contributed by atoms with Crippen LogP contribution in [0.5, 0.6) is 5.75 Å². The van der Waals surface area contributed by atoms with Crippen molar-refractivity contribution in [3.05, 3.63) is 53.1 Å². The highest BCUT2D eigenvalue weighted by Crippen LogP contribution is 2.29. The molecule has 1 aliphatic rings. The monoisotopic (exact) mass is 432 g/mol. The average Bonchev–Trinajstić information content (AvgIpc) is 3.35. The van der Waals surface area contributed by atoms with E-state index in [4.69, 9.17) is 9.47 Å². The lowest BCUT2D eigenvalue weighted by Crippen LogP contribution is -2.32. The molecule has 0 saturated carbocycles. The minimum atomic E-state index is -3.69. The van der Waals surface area contributed by atoms with E-state index in [1.165, 1.54) is 17.5 Å². The topological polar surface area (TPSA) is 95.7 Å². The molecule has 2 aromatic heterocycles. The maximum atomic E-state index is 13.1. The number of ether oxygens (including phenoxy) is 2. The van der Waals surface area contributed by atoms with E-state index in [1.807, 2.05) is 6.07 Å². The van der Waals surface area contributed by atoms with Crippen molar-refractivity contribution < 1.29 is 17.9 Å². The molecule has 30 heavy (non-hydrogen) atoms. The highest BCUT2D eigenvalue weighted by atomic mass is 32.2. The Morgan fingerprint density at radius 2 is 2.03 bits per heavy atom. The Kier molecular flexibility index (Phi) is 5.63. The number of aromatic nitrogens is 3. The quantitative estimate of drug-likeness (QED) is 0.561. The first-order valence-corrected chi connectivity index (χ1v) is 11.1. The van der Waals surface area contributed by atoms with Crippen LogP contribution in [0.2, 0.25) is 0 Å². The fourth-order valence-corrected chi connectivity index (χ4v) is 5.41. The lowest BCUT2D eigenvalue weighted by atomic mass is 10.2. The van der Waals surface area contributed by atoms with Gasteiger partial charge in [-0.05, 0) is 30.7 Å². The summed E-state index contributed by atoms with van der Waals surface area (Å²) in [5.41, 5.74) is 1.07. The molecule has 1 aromatic carbocycles. The van der Waals surface area contributed by atoms with E-state index >= 15 is 0 Å². The number of rotatable bonds is 7. The molecule has 0 spiro atoms. The third kappa shape index (κ3) is 3.51. The van der Waals surface area contributed by atoms with E-state index in [0.717, 1.165) is 0 Å². The lowest BCUT2D eigenvalue weighted by Gasteiger charge is -2.17. The van der Waals surface area contributed by atoms with Crippen molar-refractivity contribution in [2.75, 3.05) is 33.9 Å². The zero-order valence-corrected chi connectivity index (χ0v) is 17.7. The number of fused-ring (bicyclic) bond motifs is 1. The SMILES string of the molecule is COCCn1c(=O)n(C2CCN(S(=O)(=O)c3cccc(OC)c3)C2)c2ncccc21. The average molecular weight is 433 g/mol. The Labute approximate surface area is 174 Å². The fourth-order valence-electron chi connectivity index (χ4n) is 3.89. The fraction of sp³-hybridized carbons (Fsp3) is 0.400. The van der Waals surface area contributed by atoms with Gasteiger partial charge in [0, 0.05) is 32.5 Å². The molecule has 0 radical (unpaired) electrons. The highest BCUT2D eigenvalue weighted by molar-refractivity contribution is 7.89. The van der Waals surface area contributed by atoms with Gasteiger partial charge in [0.15, 0.2) is 5.65 Å². The number of hydrogen-bond acceptors (Lipinski definition) is 6. The van der Waals surface area contributed by atoms with Gasteiger partial charge in [-0.3, -0.25) is 9.13 Å². The van der Waals surface area contributed by atoms with Gasteiger partial charge in [-0.25, -0.2) is 18.2 Å².